The van der Waals surface area contributed by atoms with E-state index in [1.165, 1.54) is 33.3 Å². The van der Waals surface area contributed by atoms with Crippen LogP contribution in [0.1, 0.15) is 27.7 Å². The number of fused-ring (bicyclic) bond motifs is 1. The highest BCUT2D eigenvalue weighted by molar-refractivity contribution is 6.16. The number of carbonyl (C=O) groups excluding carboxylic acids is 2. The standard InChI is InChI=1S/C30H27NO8/c1-35-20-10-6-5-8-19(20)16-31-26(17-12-13-21(36-2)23(14-17)38-4)25(28(33)30(31)34)27(32)24-15-18-9-7-11-22(37-3)29(18)39-24/h5-15,26,33H,16H2,1-4H3. The number of aliphatic hydroxyl groups excluding tert-OH is 1. The summed E-state index contributed by atoms with van der Waals surface area (Å²) >= 11 is 0. The van der Waals surface area contributed by atoms with Crippen LogP contribution < -0.4 is 18.9 Å². The summed E-state index contributed by atoms with van der Waals surface area (Å²) < 4.78 is 27.6. The van der Waals surface area contributed by atoms with Gasteiger partial charge in [0.1, 0.15) is 5.75 Å². The molecule has 0 fully saturated rings. The van der Waals surface area contributed by atoms with Crippen LogP contribution in [-0.4, -0.2) is 50.1 Å². The van der Waals surface area contributed by atoms with E-state index in [1.807, 2.05) is 18.2 Å². The number of aliphatic hydroxyl groups is 1. The number of rotatable bonds is 9. The predicted molar refractivity (Wildman–Crippen MR) is 143 cm³/mol. The minimum atomic E-state index is -0.954. The van der Waals surface area contributed by atoms with Gasteiger partial charge < -0.3 is 33.4 Å². The largest absolute Gasteiger partial charge is 0.503 e. The molecular weight excluding hydrogens is 502 g/mol. The number of hydrogen-bond donors (Lipinski definition) is 1. The van der Waals surface area contributed by atoms with Crippen LogP contribution in [0.2, 0.25) is 0 Å². The maximum absolute atomic E-state index is 13.9. The summed E-state index contributed by atoms with van der Waals surface area (Å²) in [7, 11) is 6.05. The van der Waals surface area contributed by atoms with E-state index in [-0.39, 0.29) is 17.9 Å². The highest BCUT2D eigenvalue weighted by Crippen LogP contribution is 2.43. The summed E-state index contributed by atoms with van der Waals surface area (Å²) in [5.41, 5.74) is 1.52. The van der Waals surface area contributed by atoms with Gasteiger partial charge in [0.05, 0.1) is 46.6 Å². The molecule has 4 aromatic rings. The van der Waals surface area contributed by atoms with E-state index >= 15 is 0 Å². The number of ether oxygens (including phenoxy) is 4. The zero-order chi connectivity index (χ0) is 27.7. The minimum Gasteiger partial charge on any atom is -0.503 e. The molecule has 0 aliphatic carbocycles. The van der Waals surface area contributed by atoms with E-state index in [4.69, 9.17) is 23.4 Å². The van der Waals surface area contributed by atoms with Gasteiger partial charge in [-0.1, -0.05) is 36.4 Å². The van der Waals surface area contributed by atoms with Crippen LogP contribution in [0.5, 0.6) is 23.0 Å². The van der Waals surface area contributed by atoms with Crippen LogP contribution in [0.15, 0.2) is 82.5 Å². The second-order valence-corrected chi connectivity index (χ2v) is 8.84. The van der Waals surface area contributed by atoms with Crippen LogP contribution in [0.25, 0.3) is 11.0 Å². The van der Waals surface area contributed by atoms with E-state index in [0.29, 0.717) is 45.1 Å². The summed E-state index contributed by atoms with van der Waals surface area (Å²) in [6.45, 7) is 0.0661. The van der Waals surface area contributed by atoms with Crippen molar-refractivity contribution in [3.05, 3.63) is 94.9 Å². The number of benzene rings is 3. The van der Waals surface area contributed by atoms with E-state index in [9.17, 15) is 14.7 Å². The number of nitrogens with zero attached hydrogens (tertiary/aromatic N) is 1. The van der Waals surface area contributed by atoms with Gasteiger partial charge in [0.2, 0.25) is 5.78 Å². The van der Waals surface area contributed by atoms with Crippen molar-refractivity contribution in [1.29, 1.82) is 0 Å². The molecule has 1 aliphatic rings. The Morgan fingerprint density at radius 2 is 1.54 bits per heavy atom. The fraction of sp³-hybridized carbons (Fsp3) is 0.200. The van der Waals surface area contributed by atoms with Crippen molar-refractivity contribution in [3.8, 4) is 23.0 Å². The Balaban J connectivity index is 1.64. The third kappa shape index (κ3) is 4.41. The summed E-state index contributed by atoms with van der Waals surface area (Å²) in [6, 6.07) is 18.2. The van der Waals surface area contributed by atoms with Gasteiger partial charge in [0.15, 0.2) is 34.4 Å². The first-order valence-corrected chi connectivity index (χ1v) is 12.1. The van der Waals surface area contributed by atoms with Gasteiger partial charge >= 0.3 is 0 Å². The fourth-order valence-corrected chi connectivity index (χ4v) is 4.88. The molecule has 9 nitrogen and oxygen atoms in total. The Bertz CT molecular complexity index is 1600. The Morgan fingerprint density at radius 3 is 2.26 bits per heavy atom. The van der Waals surface area contributed by atoms with Crippen LogP contribution in [-0.2, 0) is 11.3 Å². The molecule has 200 valence electrons. The third-order valence-corrected chi connectivity index (χ3v) is 6.76. The molecule has 1 atom stereocenters. The number of ketones is 1. The Labute approximate surface area is 224 Å². The molecular formula is C30H27NO8. The van der Waals surface area contributed by atoms with Crippen LogP contribution in [0.4, 0.5) is 0 Å². The lowest BCUT2D eigenvalue weighted by Gasteiger charge is -2.28. The molecule has 1 aromatic heterocycles. The van der Waals surface area contributed by atoms with Gasteiger partial charge in [-0.3, -0.25) is 9.59 Å². The van der Waals surface area contributed by atoms with Gasteiger partial charge in [-0.05, 0) is 35.9 Å². The first-order chi connectivity index (χ1) is 18.9. The summed E-state index contributed by atoms with van der Waals surface area (Å²) in [6.07, 6.45) is 0. The predicted octanol–water partition coefficient (Wildman–Crippen LogP) is 5.25. The smallest absolute Gasteiger partial charge is 0.290 e. The van der Waals surface area contributed by atoms with Crippen molar-refractivity contribution >= 4 is 22.7 Å². The summed E-state index contributed by atoms with van der Waals surface area (Å²) in [5.74, 6) is -0.0881. The van der Waals surface area contributed by atoms with E-state index in [0.717, 1.165) is 0 Å². The first kappa shape index (κ1) is 25.7. The average molecular weight is 530 g/mol. The Kier molecular flexibility index (Phi) is 6.89. The second kappa shape index (κ2) is 10.4. The molecule has 1 unspecified atom stereocenters. The molecule has 5 rings (SSSR count). The molecule has 0 spiro atoms. The molecule has 0 radical (unpaired) electrons. The lowest BCUT2D eigenvalue weighted by molar-refractivity contribution is -0.130. The number of amides is 1. The number of furan rings is 1. The van der Waals surface area contributed by atoms with Crippen LogP contribution in [0, 0.1) is 0 Å². The molecule has 1 N–H and O–H groups in total. The molecule has 2 heterocycles. The van der Waals surface area contributed by atoms with Crippen molar-refractivity contribution < 1.29 is 38.1 Å². The topological polar surface area (TPSA) is 108 Å². The maximum atomic E-state index is 13.9. The maximum Gasteiger partial charge on any atom is 0.290 e. The third-order valence-electron chi connectivity index (χ3n) is 6.76. The van der Waals surface area contributed by atoms with Crippen molar-refractivity contribution in [3.63, 3.8) is 0 Å². The highest BCUT2D eigenvalue weighted by atomic mass is 16.5. The number of carbonyl (C=O) groups is 2. The summed E-state index contributed by atoms with van der Waals surface area (Å²) in [4.78, 5) is 28.9. The SMILES string of the molecule is COc1ccccc1CN1C(=O)C(O)=C(C(=O)c2cc3cccc(OC)c3o2)C1c1ccc(OC)c(OC)c1. The normalized spacial score (nSPS) is 15.1. The molecule has 0 saturated heterocycles. The van der Waals surface area contributed by atoms with Gasteiger partial charge in [-0.2, -0.15) is 0 Å². The van der Waals surface area contributed by atoms with E-state index < -0.39 is 23.5 Å². The van der Waals surface area contributed by atoms with Gasteiger partial charge in [-0.25, -0.2) is 0 Å². The number of methoxy groups -OCH3 is 4. The van der Waals surface area contributed by atoms with Gasteiger partial charge in [0.25, 0.3) is 5.91 Å². The molecule has 1 aliphatic heterocycles. The summed E-state index contributed by atoms with van der Waals surface area (Å²) in [5, 5.41) is 11.8. The van der Waals surface area contributed by atoms with Crippen LogP contribution in [0.3, 0.4) is 0 Å². The number of Topliss-reactive ketones (excluding diaryl/α,β-unsaturated/α-hetero) is 1. The zero-order valence-corrected chi connectivity index (χ0v) is 21.9. The quantitative estimate of drug-likeness (QED) is 0.293. The molecule has 39 heavy (non-hydrogen) atoms. The van der Waals surface area contributed by atoms with Crippen LogP contribution >= 0.6 is 0 Å². The Morgan fingerprint density at radius 1 is 0.846 bits per heavy atom. The van der Waals surface area contributed by atoms with Crippen molar-refractivity contribution in [2.24, 2.45) is 0 Å². The molecule has 0 saturated carbocycles. The van der Waals surface area contributed by atoms with Crippen molar-refractivity contribution in [2.45, 2.75) is 12.6 Å². The molecule has 1 amide bonds. The first-order valence-electron chi connectivity index (χ1n) is 12.1. The van der Waals surface area contributed by atoms with E-state index in [2.05, 4.69) is 0 Å². The lowest BCUT2D eigenvalue weighted by atomic mass is 9.94. The van der Waals surface area contributed by atoms with E-state index in [1.54, 1.807) is 48.5 Å². The number of hydrogen-bond acceptors (Lipinski definition) is 8. The second-order valence-electron chi connectivity index (χ2n) is 8.84. The van der Waals surface area contributed by atoms with Gasteiger partial charge in [0, 0.05) is 10.9 Å². The fourth-order valence-electron chi connectivity index (χ4n) is 4.88. The van der Waals surface area contributed by atoms with Crippen molar-refractivity contribution in [2.75, 3.05) is 28.4 Å². The molecule has 3 aromatic carbocycles. The highest BCUT2D eigenvalue weighted by Gasteiger charge is 2.45. The van der Waals surface area contributed by atoms with Gasteiger partial charge in [-0.15, -0.1) is 0 Å². The lowest BCUT2D eigenvalue weighted by Crippen LogP contribution is -2.31. The van der Waals surface area contributed by atoms with Crippen molar-refractivity contribution in [1.82, 2.24) is 4.90 Å². The monoisotopic (exact) mass is 529 g/mol. The zero-order valence-electron chi connectivity index (χ0n) is 21.9. The minimum absolute atomic E-state index is 0.0338. The number of para-hydroxylation sites is 2. The molecule has 9 heteroatoms. The average Bonchev–Trinajstić information content (AvgIpc) is 3.52. The Hall–Kier alpha value is -4.92. The molecule has 0 bridgehead atoms.